The van der Waals surface area contributed by atoms with Crippen molar-refractivity contribution in [2.24, 2.45) is 11.8 Å². The molecule has 0 atom stereocenters. The van der Waals surface area contributed by atoms with E-state index in [-0.39, 0.29) is 29.8 Å². The number of carboxylic acids is 1. The molecule has 1 amide bonds. The first-order chi connectivity index (χ1) is 19.8. The van der Waals surface area contributed by atoms with Crippen molar-refractivity contribution >= 4 is 23.3 Å². The maximum atomic E-state index is 14.0. The van der Waals surface area contributed by atoms with Gasteiger partial charge in [-0.3, -0.25) is 9.69 Å². The summed E-state index contributed by atoms with van der Waals surface area (Å²) < 4.78 is 8.56. The lowest BCUT2D eigenvalue weighted by atomic mass is 9.82. The summed E-state index contributed by atoms with van der Waals surface area (Å²) >= 11 is 0. The van der Waals surface area contributed by atoms with E-state index >= 15 is 0 Å². The molecule has 1 fully saturated rings. The molecule has 6 rings (SSSR count). The largest absolute Gasteiger partial charge is 0.477 e. The number of hydrogen-bond acceptors (Lipinski definition) is 7. The number of amides is 1. The van der Waals surface area contributed by atoms with Crippen LogP contribution in [0.25, 0.3) is 22.6 Å². The van der Waals surface area contributed by atoms with Gasteiger partial charge in [0.25, 0.3) is 0 Å². The molecule has 0 unspecified atom stereocenters. The third kappa shape index (κ3) is 5.10. The summed E-state index contributed by atoms with van der Waals surface area (Å²) in [6.07, 6.45) is 8.46. The van der Waals surface area contributed by atoms with E-state index < -0.39 is 5.97 Å². The molecule has 1 aromatic carbocycles. The van der Waals surface area contributed by atoms with Gasteiger partial charge in [0.1, 0.15) is 11.3 Å². The highest BCUT2D eigenvalue weighted by Crippen LogP contribution is 2.33. The van der Waals surface area contributed by atoms with Gasteiger partial charge in [0.2, 0.25) is 5.91 Å². The number of nitrogens with zero attached hydrogens (tertiary/aromatic N) is 7. The molecule has 0 saturated heterocycles. The van der Waals surface area contributed by atoms with Crippen LogP contribution in [-0.4, -0.2) is 46.5 Å². The van der Waals surface area contributed by atoms with Gasteiger partial charge in [0.05, 0.1) is 23.6 Å². The first-order valence-electron chi connectivity index (χ1n) is 13.8. The summed E-state index contributed by atoms with van der Waals surface area (Å²) in [5.41, 5.74) is 4.40. The highest BCUT2D eigenvalue weighted by molar-refractivity contribution is 6.01. The average molecular weight is 554 g/mol. The number of carboxylic acid groups (broad SMARTS) is 1. The molecule has 0 aliphatic heterocycles. The van der Waals surface area contributed by atoms with Crippen LogP contribution in [0.3, 0.4) is 0 Å². The van der Waals surface area contributed by atoms with Crippen LogP contribution in [0, 0.1) is 25.7 Å². The Morgan fingerprint density at radius 2 is 1.85 bits per heavy atom. The smallest absolute Gasteiger partial charge is 0.341 e. The van der Waals surface area contributed by atoms with Crippen molar-refractivity contribution in [3.05, 3.63) is 77.6 Å². The van der Waals surface area contributed by atoms with Crippen molar-refractivity contribution in [3.8, 4) is 16.9 Å². The van der Waals surface area contributed by atoms with Crippen molar-refractivity contribution in [1.82, 2.24) is 29.5 Å². The summed E-state index contributed by atoms with van der Waals surface area (Å²) in [7, 11) is 0. The molecular formula is C30H31N7O4. The van der Waals surface area contributed by atoms with E-state index in [0.29, 0.717) is 23.1 Å². The molecule has 5 aromatic rings. The van der Waals surface area contributed by atoms with E-state index in [9.17, 15) is 14.7 Å². The number of aromatic carboxylic acids is 1. The number of rotatable bonds is 7. The number of aromatic nitrogens is 6. The van der Waals surface area contributed by atoms with Gasteiger partial charge in [-0.25, -0.2) is 19.0 Å². The fraction of sp³-hybridized carbons (Fsp3) is 0.333. The van der Waals surface area contributed by atoms with E-state index in [2.05, 4.69) is 27.3 Å². The van der Waals surface area contributed by atoms with E-state index in [1.807, 2.05) is 49.5 Å². The zero-order valence-corrected chi connectivity index (χ0v) is 23.2. The Labute approximate surface area is 236 Å². The summed E-state index contributed by atoms with van der Waals surface area (Å²) in [6.45, 7) is 5.93. The Balaban J connectivity index is 1.36. The fourth-order valence-electron chi connectivity index (χ4n) is 5.47. The Bertz CT molecular complexity index is 1670. The molecule has 41 heavy (non-hydrogen) atoms. The highest BCUT2D eigenvalue weighted by atomic mass is 16.5. The molecule has 4 heterocycles. The lowest BCUT2D eigenvalue weighted by Gasteiger charge is -2.30. The van der Waals surface area contributed by atoms with Gasteiger partial charge in [-0.15, -0.1) is 5.10 Å². The quantitative estimate of drug-likeness (QED) is 0.289. The Kier molecular flexibility index (Phi) is 6.86. The van der Waals surface area contributed by atoms with E-state index in [0.717, 1.165) is 48.2 Å². The number of anilines is 1. The lowest BCUT2D eigenvalue weighted by molar-refractivity contribution is -0.123. The number of aryl methyl sites for hydroxylation is 2. The molecule has 0 radical (unpaired) electrons. The van der Waals surface area contributed by atoms with Crippen molar-refractivity contribution in [1.29, 1.82) is 0 Å². The summed E-state index contributed by atoms with van der Waals surface area (Å²) in [4.78, 5) is 32.2. The Morgan fingerprint density at radius 3 is 2.51 bits per heavy atom. The lowest BCUT2D eigenvalue weighted by Crippen LogP contribution is -2.38. The van der Waals surface area contributed by atoms with Gasteiger partial charge >= 0.3 is 5.97 Å². The second-order valence-corrected chi connectivity index (χ2v) is 10.8. The third-order valence-electron chi connectivity index (χ3n) is 7.97. The van der Waals surface area contributed by atoms with Crippen molar-refractivity contribution in [2.45, 2.75) is 53.0 Å². The summed E-state index contributed by atoms with van der Waals surface area (Å²) in [5.74, 6) is -0.209. The second-order valence-electron chi connectivity index (χ2n) is 10.8. The third-order valence-corrected chi connectivity index (χ3v) is 7.97. The maximum absolute atomic E-state index is 14.0. The van der Waals surface area contributed by atoms with Crippen molar-refractivity contribution in [3.63, 3.8) is 0 Å². The van der Waals surface area contributed by atoms with E-state index in [1.165, 1.54) is 15.8 Å². The molecule has 4 aromatic heterocycles. The second kappa shape index (κ2) is 10.6. The maximum Gasteiger partial charge on any atom is 0.341 e. The standard InChI is InChI=1S/C30H31N7O4/c1-18-5-7-22(8-6-18)29(38)35(16-24-19(2)34-41-20(24)3)28-25(30(39)40)17-37(33-28)23-11-9-21(10-12-23)26-15-27-31-13-4-14-36(27)32-26/h4,9-15,17-18,22H,5-8,16H2,1-3H3,(H,39,40)/t18-,22-. The molecule has 0 spiro atoms. The fourth-order valence-corrected chi connectivity index (χ4v) is 5.47. The zero-order chi connectivity index (χ0) is 28.7. The van der Waals surface area contributed by atoms with Gasteiger partial charge in [-0.05, 0) is 63.6 Å². The molecule has 11 nitrogen and oxygen atoms in total. The van der Waals surface area contributed by atoms with Crippen LogP contribution < -0.4 is 4.90 Å². The molecule has 1 saturated carbocycles. The van der Waals surface area contributed by atoms with Crippen LogP contribution in [0.15, 0.2) is 59.5 Å². The van der Waals surface area contributed by atoms with Crippen LogP contribution in [0.1, 0.15) is 60.0 Å². The number of carbonyl (C=O) groups excluding carboxylic acids is 1. The topological polar surface area (TPSA) is 132 Å². The Hall–Kier alpha value is -4.80. The predicted octanol–water partition coefficient (Wildman–Crippen LogP) is 5.24. The van der Waals surface area contributed by atoms with Gasteiger partial charge in [0, 0.05) is 41.7 Å². The molecule has 11 heteroatoms. The number of benzene rings is 1. The molecule has 210 valence electrons. The Morgan fingerprint density at radius 1 is 1.10 bits per heavy atom. The van der Waals surface area contributed by atoms with Crippen LogP contribution >= 0.6 is 0 Å². The van der Waals surface area contributed by atoms with Gasteiger partial charge in [-0.1, -0.05) is 24.2 Å². The summed E-state index contributed by atoms with van der Waals surface area (Å²) in [5, 5.41) is 23.4. The van der Waals surface area contributed by atoms with E-state index in [1.54, 1.807) is 17.6 Å². The molecular weight excluding hydrogens is 522 g/mol. The minimum Gasteiger partial charge on any atom is -0.477 e. The zero-order valence-electron chi connectivity index (χ0n) is 23.2. The molecule has 1 aliphatic rings. The van der Waals surface area contributed by atoms with E-state index in [4.69, 9.17) is 4.52 Å². The SMILES string of the molecule is Cc1noc(C)c1CN(c1nn(-c2ccc(-c3cc4ncccn4n3)cc2)cc1C(=O)O)C(=O)[C@H]1CC[C@H](C)CC1. The first kappa shape index (κ1) is 26.4. The monoisotopic (exact) mass is 553 g/mol. The summed E-state index contributed by atoms with van der Waals surface area (Å²) in [6, 6.07) is 11.2. The molecule has 1 aliphatic carbocycles. The normalized spacial score (nSPS) is 17.1. The minimum atomic E-state index is -1.16. The first-order valence-corrected chi connectivity index (χ1v) is 13.8. The number of carbonyl (C=O) groups is 2. The van der Waals surface area contributed by atoms with Crippen LogP contribution in [-0.2, 0) is 11.3 Å². The van der Waals surface area contributed by atoms with Gasteiger partial charge in [-0.2, -0.15) is 5.10 Å². The van der Waals surface area contributed by atoms with Crippen molar-refractivity contribution in [2.75, 3.05) is 4.90 Å². The van der Waals surface area contributed by atoms with Gasteiger partial charge < -0.3 is 9.63 Å². The average Bonchev–Trinajstić information content (AvgIpc) is 3.69. The van der Waals surface area contributed by atoms with Crippen LogP contribution in [0.5, 0.6) is 0 Å². The molecule has 0 bridgehead atoms. The highest BCUT2D eigenvalue weighted by Gasteiger charge is 2.34. The number of hydrogen-bond donors (Lipinski definition) is 1. The predicted molar refractivity (Wildman–Crippen MR) is 151 cm³/mol. The van der Waals surface area contributed by atoms with Gasteiger partial charge in [0.15, 0.2) is 11.5 Å². The van der Waals surface area contributed by atoms with Crippen LogP contribution in [0.2, 0.25) is 0 Å². The van der Waals surface area contributed by atoms with Crippen LogP contribution in [0.4, 0.5) is 5.82 Å². The minimum absolute atomic E-state index is 0.0511. The number of fused-ring (bicyclic) bond motifs is 1. The molecule has 1 N–H and O–H groups in total. The van der Waals surface area contributed by atoms with Crippen molar-refractivity contribution < 1.29 is 19.2 Å².